The van der Waals surface area contributed by atoms with Crippen LogP contribution in [0.1, 0.15) is 28.8 Å². The molecule has 0 saturated heterocycles. The standard InChI is InChI=1S/C13H15N3O2S/c1-3-9-6-10(16(2)15-9)8-19-11-4-5-14-12(7-11)13(17)18/h4-7H,3,8H2,1-2H3,(H,17,18). The van der Waals surface area contributed by atoms with Crippen molar-refractivity contribution in [2.75, 3.05) is 0 Å². The number of thioether (sulfide) groups is 1. The number of carbonyl (C=O) groups is 1. The van der Waals surface area contributed by atoms with Crippen LogP contribution in [0.3, 0.4) is 0 Å². The number of hydrogen-bond donors (Lipinski definition) is 1. The van der Waals surface area contributed by atoms with Crippen LogP contribution in [0.5, 0.6) is 0 Å². The third-order valence-corrected chi connectivity index (χ3v) is 3.75. The Morgan fingerprint density at radius 3 is 2.89 bits per heavy atom. The van der Waals surface area contributed by atoms with Gasteiger partial charge in [0.25, 0.3) is 0 Å². The molecule has 100 valence electrons. The van der Waals surface area contributed by atoms with Crippen LogP contribution in [-0.2, 0) is 19.2 Å². The average molecular weight is 277 g/mol. The lowest BCUT2D eigenvalue weighted by atomic mass is 10.3. The second kappa shape index (κ2) is 5.88. The second-order valence-electron chi connectivity index (χ2n) is 4.07. The van der Waals surface area contributed by atoms with Crippen LogP contribution in [-0.4, -0.2) is 25.8 Å². The molecule has 2 rings (SSSR count). The highest BCUT2D eigenvalue weighted by Gasteiger charge is 2.07. The van der Waals surface area contributed by atoms with Crippen LogP contribution in [0, 0.1) is 0 Å². The molecule has 0 bridgehead atoms. The van der Waals surface area contributed by atoms with Crippen LogP contribution < -0.4 is 0 Å². The molecule has 1 N–H and O–H groups in total. The van der Waals surface area contributed by atoms with E-state index in [1.165, 1.54) is 6.20 Å². The predicted molar refractivity (Wildman–Crippen MR) is 73.3 cm³/mol. The molecule has 5 nitrogen and oxygen atoms in total. The Labute approximate surface area is 115 Å². The van der Waals surface area contributed by atoms with Gasteiger partial charge in [0.05, 0.1) is 5.69 Å². The van der Waals surface area contributed by atoms with Gasteiger partial charge >= 0.3 is 5.97 Å². The quantitative estimate of drug-likeness (QED) is 0.850. The molecule has 0 fully saturated rings. The van der Waals surface area contributed by atoms with Crippen molar-refractivity contribution in [2.45, 2.75) is 24.0 Å². The van der Waals surface area contributed by atoms with Crippen molar-refractivity contribution in [3.05, 3.63) is 41.5 Å². The van der Waals surface area contributed by atoms with E-state index in [0.717, 1.165) is 28.5 Å². The molecule has 0 aliphatic rings. The van der Waals surface area contributed by atoms with Gasteiger partial charge in [0.15, 0.2) is 0 Å². The fourth-order valence-corrected chi connectivity index (χ4v) is 2.59. The summed E-state index contributed by atoms with van der Waals surface area (Å²) in [4.78, 5) is 15.5. The highest BCUT2D eigenvalue weighted by Crippen LogP contribution is 2.23. The van der Waals surface area contributed by atoms with Gasteiger partial charge in [0.1, 0.15) is 5.69 Å². The first-order valence-electron chi connectivity index (χ1n) is 5.94. The first kappa shape index (κ1) is 13.6. The van der Waals surface area contributed by atoms with Crippen molar-refractivity contribution >= 4 is 17.7 Å². The summed E-state index contributed by atoms with van der Waals surface area (Å²) >= 11 is 1.58. The molecule has 0 unspecified atom stereocenters. The molecular formula is C13H15N3O2S. The number of nitrogens with zero attached hydrogens (tertiary/aromatic N) is 3. The summed E-state index contributed by atoms with van der Waals surface area (Å²) in [5, 5.41) is 13.3. The maximum absolute atomic E-state index is 10.8. The number of rotatable bonds is 5. The molecular weight excluding hydrogens is 262 g/mol. The Morgan fingerprint density at radius 1 is 1.47 bits per heavy atom. The zero-order valence-electron chi connectivity index (χ0n) is 10.8. The van der Waals surface area contributed by atoms with Gasteiger partial charge < -0.3 is 5.11 Å². The molecule has 0 aromatic carbocycles. The number of carboxylic acid groups (broad SMARTS) is 1. The smallest absolute Gasteiger partial charge is 0.354 e. The summed E-state index contributed by atoms with van der Waals surface area (Å²) in [5.41, 5.74) is 2.26. The van der Waals surface area contributed by atoms with Crippen LogP contribution in [0.4, 0.5) is 0 Å². The van der Waals surface area contributed by atoms with Gasteiger partial charge in [-0.05, 0) is 24.6 Å². The molecule has 0 amide bonds. The number of hydrogen-bond acceptors (Lipinski definition) is 4. The van der Waals surface area contributed by atoms with E-state index in [4.69, 9.17) is 5.11 Å². The lowest BCUT2D eigenvalue weighted by molar-refractivity contribution is 0.0690. The molecule has 0 spiro atoms. The van der Waals surface area contributed by atoms with Gasteiger partial charge in [-0.3, -0.25) is 4.68 Å². The van der Waals surface area contributed by atoms with Gasteiger partial charge in [-0.2, -0.15) is 5.10 Å². The lowest BCUT2D eigenvalue weighted by Crippen LogP contribution is -2.00. The maximum atomic E-state index is 10.8. The van der Waals surface area contributed by atoms with Crippen molar-refractivity contribution in [3.8, 4) is 0 Å². The summed E-state index contributed by atoms with van der Waals surface area (Å²) in [5.74, 6) is -0.247. The SMILES string of the molecule is CCc1cc(CSc2ccnc(C(=O)O)c2)n(C)n1. The normalized spacial score (nSPS) is 10.6. The molecule has 0 atom stereocenters. The van der Waals surface area contributed by atoms with Crippen LogP contribution >= 0.6 is 11.8 Å². The number of aromatic carboxylic acids is 1. The largest absolute Gasteiger partial charge is 0.477 e. The lowest BCUT2D eigenvalue weighted by Gasteiger charge is -2.03. The van der Waals surface area contributed by atoms with Crippen molar-refractivity contribution < 1.29 is 9.90 Å². The van der Waals surface area contributed by atoms with E-state index in [1.54, 1.807) is 17.8 Å². The van der Waals surface area contributed by atoms with Crippen LogP contribution in [0.15, 0.2) is 29.3 Å². The molecule has 0 aliphatic carbocycles. The Bertz CT molecular complexity index is 595. The third-order valence-electron chi connectivity index (χ3n) is 2.73. The molecule has 2 aromatic rings. The molecule has 0 saturated carbocycles. The van der Waals surface area contributed by atoms with Crippen LogP contribution in [0.2, 0.25) is 0 Å². The fraction of sp³-hybridized carbons (Fsp3) is 0.308. The van der Waals surface area contributed by atoms with Gasteiger partial charge in [0.2, 0.25) is 0 Å². The average Bonchev–Trinajstić information content (AvgIpc) is 2.77. The number of aryl methyl sites for hydroxylation is 2. The first-order chi connectivity index (χ1) is 9.10. The summed E-state index contributed by atoms with van der Waals surface area (Å²) in [6.45, 7) is 2.07. The van der Waals surface area contributed by atoms with Crippen LogP contribution in [0.25, 0.3) is 0 Å². The Hall–Kier alpha value is -1.82. The molecule has 0 aliphatic heterocycles. The Kier molecular flexibility index (Phi) is 4.21. The van der Waals surface area contributed by atoms with E-state index in [0.29, 0.717) is 0 Å². The predicted octanol–water partition coefficient (Wildman–Crippen LogP) is 2.37. The monoisotopic (exact) mass is 277 g/mol. The van der Waals surface area contributed by atoms with E-state index >= 15 is 0 Å². The highest BCUT2D eigenvalue weighted by molar-refractivity contribution is 7.98. The van der Waals surface area contributed by atoms with E-state index < -0.39 is 5.97 Å². The number of aromatic nitrogens is 3. The molecule has 2 aromatic heterocycles. The minimum absolute atomic E-state index is 0.0734. The topological polar surface area (TPSA) is 68.0 Å². The molecule has 0 radical (unpaired) electrons. The van der Waals surface area contributed by atoms with Gasteiger partial charge in [-0.25, -0.2) is 9.78 Å². The summed E-state index contributed by atoms with van der Waals surface area (Å²) in [6, 6.07) is 5.48. The van der Waals surface area contributed by atoms with Crippen molar-refractivity contribution in [3.63, 3.8) is 0 Å². The zero-order chi connectivity index (χ0) is 13.8. The molecule has 6 heteroatoms. The van der Waals surface area contributed by atoms with E-state index in [9.17, 15) is 4.79 Å². The fourth-order valence-electron chi connectivity index (χ4n) is 1.65. The maximum Gasteiger partial charge on any atom is 0.354 e. The van der Waals surface area contributed by atoms with E-state index in [1.807, 2.05) is 17.8 Å². The number of carboxylic acids is 1. The Morgan fingerprint density at radius 2 is 2.26 bits per heavy atom. The zero-order valence-corrected chi connectivity index (χ0v) is 11.6. The first-order valence-corrected chi connectivity index (χ1v) is 6.92. The number of pyridine rings is 1. The highest BCUT2D eigenvalue weighted by atomic mass is 32.2. The van der Waals surface area contributed by atoms with E-state index in [-0.39, 0.29) is 5.69 Å². The van der Waals surface area contributed by atoms with Crippen molar-refractivity contribution in [1.29, 1.82) is 0 Å². The second-order valence-corrected chi connectivity index (χ2v) is 5.12. The van der Waals surface area contributed by atoms with Gasteiger partial charge in [0, 0.05) is 29.6 Å². The minimum Gasteiger partial charge on any atom is -0.477 e. The summed E-state index contributed by atoms with van der Waals surface area (Å²) in [6.07, 6.45) is 2.43. The molecule has 19 heavy (non-hydrogen) atoms. The van der Waals surface area contributed by atoms with Crippen molar-refractivity contribution in [2.24, 2.45) is 7.05 Å². The van der Waals surface area contributed by atoms with Gasteiger partial charge in [-0.15, -0.1) is 11.8 Å². The summed E-state index contributed by atoms with van der Waals surface area (Å²) < 4.78 is 1.87. The third kappa shape index (κ3) is 3.35. The Balaban J connectivity index is 2.07. The minimum atomic E-state index is -1.00. The van der Waals surface area contributed by atoms with E-state index in [2.05, 4.69) is 23.1 Å². The van der Waals surface area contributed by atoms with Crippen molar-refractivity contribution in [1.82, 2.24) is 14.8 Å². The van der Waals surface area contributed by atoms with Gasteiger partial charge in [-0.1, -0.05) is 6.92 Å². The summed E-state index contributed by atoms with van der Waals surface area (Å²) in [7, 11) is 1.92. The molecule has 2 heterocycles.